The minimum Gasteiger partial charge on any atom is -0.495 e. The second kappa shape index (κ2) is 7.97. The van der Waals surface area contributed by atoms with Crippen LogP contribution in [0.1, 0.15) is 0 Å². The summed E-state index contributed by atoms with van der Waals surface area (Å²) >= 11 is 0. The molecule has 0 saturated heterocycles. The van der Waals surface area contributed by atoms with Crippen molar-refractivity contribution in [1.29, 1.82) is 0 Å². The number of hydrogen-bond acceptors (Lipinski definition) is 6. The van der Waals surface area contributed by atoms with Crippen LogP contribution in [-0.2, 0) is 10.0 Å². The number of para-hydroxylation sites is 4. The molecule has 0 heterocycles. The highest BCUT2D eigenvalue weighted by atomic mass is 32.2. The fourth-order valence-corrected chi connectivity index (χ4v) is 3.68. The van der Waals surface area contributed by atoms with Crippen molar-refractivity contribution in [2.75, 3.05) is 17.1 Å². The zero-order chi connectivity index (χ0) is 20.1. The molecule has 0 bridgehead atoms. The largest absolute Gasteiger partial charge is 0.495 e. The predicted molar refractivity (Wildman–Crippen MR) is 107 cm³/mol. The molecule has 0 aliphatic rings. The van der Waals surface area contributed by atoms with Crippen LogP contribution < -0.4 is 14.8 Å². The number of hydrogen-bond donors (Lipinski definition) is 2. The molecular weight excluding hydrogens is 382 g/mol. The van der Waals surface area contributed by atoms with Crippen LogP contribution in [0.25, 0.3) is 0 Å². The lowest BCUT2D eigenvalue weighted by molar-refractivity contribution is -0.383. The Morgan fingerprint density at radius 2 is 1.61 bits per heavy atom. The summed E-state index contributed by atoms with van der Waals surface area (Å²) in [4.78, 5) is 10.6. The highest BCUT2D eigenvalue weighted by molar-refractivity contribution is 7.92. The van der Waals surface area contributed by atoms with Crippen molar-refractivity contribution in [3.05, 3.63) is 82.9 Å². The van der Waals surface area contributed by atoms with Crippen molar-refractivity contribution in [3.63, 3.8) is 0 Å². The van der Waals surface area contributed by atoms with Gasteiger partial charge in [-0.05, 0) is 36.4 Å². The summed E-state index contributed by atoms with van der Waals surface area (Å²) in [6.07, 6.45) is 0. The molecule has 8 nitrogen and oxygen atoms in total. The van der Waals surface area contributed by atoms with E-state index in [2.05, 4.69) is 10.0 Å². The number of benzene rings is 3. The van der Waals surface area contributed by atoms with Crippen LogP contribution >= 0.6 is 0 Å². The van der Waals surface area contributed by atoms with Crippen LogP contribution in [0.15, 0.2) is 77.7 Å². The summed E-state index contributed by atoms with van der Waals surface area (Å²) in [5, 5.41) is 14.0. The average Bonchev–Trinajstić information content (AvgIpc) is 2.68. The molecule has 0 saturated carbocycles. The average molecular weight is 399 g/mol. The number of methoxy groups -OCH3 is 1. The third kappa shape index (κ3) is 4.21. The first kappa shape index (κ1) is 19.2. The highest BCUT2D eigenvalue weighted by Crippen LogP contribution is 2.29. The standard InChI is InChI=1S/C19H17N3O5S/c1-27-19-12-5-3-10-17(19)21-28(25,26)15-8-6-7-14(13-15)20-16-9-2-4-11-18(16)22(23)24/h2-13,20-21H,1H3. The minimum absolute atomic E-state index is 0.00184. The quantitative estimate of drug-likeness (QED) is 0.456. The van der Waals surface area contributed by atoms with Gasteiger partial charge in [-0.2, -0.15) is 0 Å². The van der Waals surface area contributed by atoms with Crippen molar-refractivity contribution in [1.82, 2.24) is 0 Å². The number of anilines is 3. The van der Waals surface area contributed by atoms with Gasteiger partial charge in [-0.3, -0.25) is 14.8 Å². The molecule has 0 atom stereocenters. The SMILES string of the molecule is COc1ccccc1NS(=O)(=O)c1cccc(Nc2ccccc2[N+](=O)[O-])c1. The first-order valence-corrected chi connectivity index (χ1v) is 9.65. The maximum absolute atomic E-state index is 12.7. The summed E-state index contributed by atoms with van der Waals surface area (Å²) in [6.45, 7) is 0. The molecule has 0 radical (unpaired) electrons. The van der Waals surface area contributed by atoms with E-state index in [4.69, 9.17) is 4.74 Å². The number of nitrogens with zero attached hydrogens (tertiary/aromatic N) is 1. The van der Waals surface area contributed by atoms with Crippen LogP contribution in [0.4, 0.5) is 22.7 Å². The number of sulfonamides is 1. The summed E-state index contributed by atoms with van der Waals surface area (Å²) in [6, 6.07) is 18.8. The first-order valence-electron chi connectivity index (χ1n) is 8.17. The van der Waals surface area contributed by atoms with Crippen LogP contribution in [0, 0.1) is 10.1 Å². The van der Waals surface area contributed by atoms with Crippen molar-refractivity contribution in [2.24, 2.45) is 0 Å². The molecule has 0 amide bonds. The number of nitro benzene ring substituents is 1. The fraction of sp³-hybridized carbons (Fsp3) is 0.0526. The zero-order valence-corrected chi connectivity index (χ0v) is 15.6. The number of nitrogens with one attached hydrogen (secondary N) is 2. The van der Waals surface area contributed by atoms with Crippen molar-refractivity contribution in [2.45, 2.75) is 4.90 Å². The van der Waals surface area contributed by atoms with E-state index in [0.717, 1.165) is 0 Å². The van der Waals surface area contributed by atoms with Crippen molar-refractivity contribution < 1.29 is 18.1 Å². The van der Waals surface area contributed by atoms with Gasteiger partial charge in [0, 0.05) is 11.8 Å². The van der Waals surface area contributed by atoms with Crippen LogP contribution in [0.3, 0.4) is 0 Å². The Hall–Kier alpha value is -3.59. The molecule has 0 unspecified atom stereocenters. The number of rotatable bonds is 7. The Kier molecular flexibility index (Phi) is 5.46. The maximum Gasteiger partial charge on any atom is 0.292 e. The van der Waals surface area contributed by atoms with Gasteiger partial charge in [0.1, 0.15) is 11.4 Å². The summed E-state index contributed by atoms with van der Waals surface area (Å²) in [5.41, 5.74) is 0.863. The second-order valence-electron chi connectivity index (χ2n) is 5.73. The Bertz CT molecular complexity index is 1120. The molecule has 144 valence electrons. The zero-order valence-electron chi connectivity index (χ0n) is 14.8. The highest BCUT2D eigenvalue weighted by Gasteiger charge is 2.18. The Morgan fingerprint density at radius 1 is 0.929 bits per heavy atom. The molecule has 0 aromatic heterocycles. The second-order valence-corrected chi connectivity index (χ2v) is 7.42. The Morgan fingerprint density at radius 3 is 2.32 bits per heavy atom. The monoisotopic (exact) mass is 399 g/mol. The lowest BCUT2D eigenvalue weighted by atomic mass is 10.2. The fourth-order valence-electron chi connectivity index (χ4n) is 2.57. The first-order chi connectivity index (χ1) is 13.4. The normalized spacial score (nSPS) is 10.9. The molecule has 28 heavy (non-hydrogen) atoms. The van der Waals surface area contributed by atoms with Crippen molar-refractivity contribution in [3.8, 4) is 5.75 Å². The lowest BCUT2D eigenvalue weighted by Crippen LogP contribution is -2.13. The molecule has 9 heteroatoms. The molecular formula is C19H17N3O5S. The van der Waals surface area contributed by atoms with E-state index in [1.165, 1.54) is 25.3 Å². The van der Waals surface area contributed by atoms with Crippen LogP contribution in [0.2, 0.25) is 0 Å². The molecule has 3 aromatic rings. The van der Waals surface area contributed by atoms with Crippen LogP contribution in [0.5, 0.6) is 5.75 Å². The van der Waals surface area contributed by atoms with Gasteiger partial charge >= 0.3 is 0 Å². The third-order valence-electron chi connectivity index (χ3n) is 3.88. The van der Waals surface area contributed by atoms with Gasteiger partial charge in [0.15, 0.2) is 0 Å². The smallest absolute Gasteiger partial charge is 0.292 e. The van der Waals surface area contributed by atoms with Gasteiger partial charge in [-0.1, -0.05) is 30.3 Å². The molecule has 0 aliphatic heterocycles. The lowest BCUT2D eigenvalue weighted by Gasteiger charge is -2.13. The van der Waals surface area contributed by atoms with Crippen LogP contribution in [-0.4, -0.2) is 20.5 Å². The van der Waals surface area contributed by atoms with E-state index in [-0.39, 0.29) is 16.3 Å². The molecule has 2 N–H and O–H groups in total. The van der Waals surface area contributed by atoms with Gasteiger partial charge < -0.3 is 10.1 Å². The molecule has 0 spiro atoms. The van der Waals surface area contributed by atoms with E-state index in [1.54, 1.807) is 54.6 Å². The van der Waals surface area contributed by atoms with E-state index in [0.29, 0.717) is 17.1 Å². The van der Waals surface area contributed by atoms with E-state index < -0.39 is 14.9 Å². The van der Waals surface area contributed by atoms with Gasteiger partial charge in [0.05, 0.1) is 22.6 Å². The minimum atomic E-state index is -3.89. The van der Waals surface area contributed by atoms with E-state index >= 15 is 0 Å². The Labute approximate surface area is 162 Å². The molecule has 3 rings (SSSR count). The summed E-state index contributed by atoms with van der Waals surface area (Å²) < 4.78 is 33.1. The third-order valence-corrected chi connectivity index (χ3v) is 5.24. The summed E-state index contributed by atoms with van der Waals surface area (Å²) in [7, 11) is -2.44. The van der Waals surface area contributed by atoms with Gasteiger partial charge in [-0.25, -0.2) is 8.42 Å². The number of nitro groups is 1. The van der Waals surface area contributed by atoms with Gasteiger partial charge in [0.25, 0.3) is 15.7 Å². The topological polar surface area (TPSA) is 111 Å². The summed E-state index contributed by atoms with van der Waals surface area (Å²) in [5.74, 6) is 0.389. The predicted octanol–water partition coefficient (Wildman–Crippen LogP) is 4.15. The maximum atomic E-state index is 12.7. The molecule has 0 fully saturated rings. The van der Waals surface area contributed by atoms with Crippen molar-refractivity contribution >= 4 is 32.8 Å². The molecule has 0 aliphatic carbocycles. The Balaban J connectivity index is 1.90. The van der Waals surface area contributed by atoms with E-state index in [9.17, 15) is 18.5 Å². The van der Waals surface area contributed by atoms with E-state index in [1.807, 2.05) is 0 Å². The number of ether oxygens (including phenoxy) is 1. The van der Waals surface area contributed by atoms with Gasteiger partial charge in [0.2, 0.25) is 0 Å². The molecule has 3 aromatic carbocycles. The van der Waals surface area contributed by atoms with Gasteiger partial charge in [-0.15, -0.1) is 0 Å².